The lowest BCUT2D eigenvalue weighted by Crippen LogP contribution is -2.38. The van der Waals surface area contributed by atoms with Gasteiger partial charge in [0.05, 0.1) is 6.61 Å². The zero-order valence-corrected chi connectivity index (χ0v) is 10.0. The molecule has 0 aliphatic heterocycles. The molecule has 1 heterocycles. The predicted molar refractivity (Wildman–Crippen MR) is 61.5 cm³/mol. The van der Waals surface area contributed by atoms with Gasteiger partial charge in [-0.25, -0.2) is 0 Å². The molecule has 98 valence electrons. The second-order valence-electron chi connectivity index (χ2n) is 4.01. The minimum absolute atomic E-state index is 0.00484. The number of amides is 1. The number of hydrogen-bond donors (Lipinski definition) is 2. The number of rotatable bonds is 5. The summed E-state index contributed by atoms with van der Waals surface area (Å²) in [5.41, 5.74) is 5.34. The summed E-state index contributed by atoms with van der Waals surface area (Å²) in [6, 6.07) is 0.0771. The Kier molecular flexibility index (Phi) is 3.45. The van der Waals surface area contributed by atoms with Crippen molar-refractivity contribution in [3.8, 4) is 0 Å². The molecular weight excluding hydrogens is 238 g/mol. The van der Waals surface area contributed by atoms with E-state index in [1.54, 1.807) is 6.92 Å². The molecule has 0 radical (unpaired) electrons. The zero-order valence-electron chi connectivity index (χ0n) is 10.0. The molecule has 8 nitrogen and oxygen atoms in total. The lowest BCUT2D eigenvalue weighted by Gasteiger charge is -2.19. The highest BCUT2D eigenvalue weighted by Gasteiger charge is 2.35. The van der Waals surface area contributed by atoms with E-state index >= 15 is 0 Å². The highest BCUT2D eigenvalue weighted by atomic mass is 16.5. The molecule has 0 unspecified atom stereocenters. The van der Waals surface area contributed by atoms with Crippen molar-refractivity contribution in [3.05, 3.63) is 5.82 Å². The van der Waals surface area contributed by atoms with Crippen LogP contribution in [0.2, 0.25) is 0 Å². The predicted octanol–water partition coefficient (Wildman–Crippen LogP) is -0.445. The lowest BCUT2D eigenvalue weighted by molar-refractivity contribution is -0.144. The van der Waals surface area contributed by atoms with Crippen molar-refractivity contribution in [1.29, 1.82) is 0 Å². The monoisotopic (exact) mass is 253 g/mol. The number of nitrogens with zero attached hydrogens (tertiary/aromatic N) is 3. The van der Waals surface area contributed by atoms with Crippen LogP contribution in [0.1, 0.15) is 30.4 Å². The average Bonchev–Trinajstić information content (AvgIpc) is 3.08. The fourth-order valence-electron chi connectivity index (χ4n) is 1.61. The summed E-state index contributed by atoms with van der Waals surface area (Å²) in [6.07, 6.45) is 1.77. The molecule has 2 rings (SSSR count). The fraction of sp³-hybridized carbons (Fsp3) is 0.600. The highest BCUT2D eigenvalue weighted by Crippen LogP contribution is 2.27. The van der Waals surface area contributed by atoms with E-state index in [2.05, 4.69) is 15.2 Å². The Morgan fingerprint density at radius 1 is 1.56 bits per heavy atom. The van der Waals surface area contributed by atoms with Crippen molar-refractivity contribution in [2.45, 2.75) is 25.8 Å². The van der Waals surface area contributed by atoms with E-state index in [1.165, 1.54) is 4.90 Å². The third-order valence-corrected chi connectivity index (χ3v) is 2.56. The van der Waals surface area contributed by atoms with Crippen molar-refractivity contribution in [1.82, 2.24) is 20.1 Å². The van der Waals surface area contributed by atoms with E-state index in [0.717, 1.165) is 12.8 Å². The van der Waals surface area contributed by atoms with Gasteiger partial charge >= 0.3 is 5.97 Å². The Bertz CT molecular complexity index is 454. The number of aromatic nitrogens is 3. The van der Waals surface area contributed by atoms with Gasteiger partial charge in [0.25, 0.3) is 5.91 Å². The van der Waals surface area contributed by atoms with Gasteiger partial charge in [-0.15, -0.1) is 5.10 Å². The molecule has 1 amide bonds. The number of nitrogens with one attached hydrogen (secondary N) is 1. The Balaban J connectivity index is 2.05. The second kappa shape index (κ2) is 5.03. The van der Waals surface area contributed by atoms with Gasteiger partial charge in [-0.2, -0.15) is 4.98 Å². The van der Waals surface area contributed by atoms with Gasteiger partial charge in [-0.3, -0.25) is 14.7 Å². The number of hydrogen-bond acceptors (Lipinski definition) is 6. The number of aromatic amines is 1. The first-order valence-corrected chi connectivity index (χ1v) is 5.76. The van der Waals surface area contributed by atoms with Gasteiger partial charge in [0.15, 0.2) is 0 Å². The minimum Gasteiger partial charge on any atom is -0.465 e. The molecule has 1 fully saturated rings. The third kappa shape index (κ3) is 2.76. The van der Waals surface area contributed by atoms with Crippen molar-refractivity contribution >= 4 is 17.8 Å². The molecule has 3 N–H and O–H groups in total. The second-order valence-corrected chi connectivity index (χ2v) is 4.01. The van der Waals surface area contributed by atoms with Crippen LogP contribution in [-0.4, -0.2) is 51.2 Å². The van der Waals surface area contributed by atoms with Gasteiger partial charge < -0.3 is 15.4 Å². The summed E-state index contributed by atoms with van der Waals surface area (Å²) in [6.45, 7) is 1.94. The summed E-state index contributed by atoms with van der Waals surface area (Å²) in [7, 11) is 0. The number of esters is 1. The van der Waals surface area contributed by atoms with Crippen LogP contribution in [0.3, 0.4) is 0 Å². The van der Waals surface area contributed by atoms with E-state index in [0.29, 0.717) is 6.61 Å². The largest absolute Gasteiger partial charge is 0.465 e. The van der Waals surface area contributed by atoms with Crippen molar-refractivity contribution in [3.63, 3.8) is 0 Å². The van der Waals surface area contributed by atoms with Gasteiger partial charge in [0.2, 0.25) is 11.8 Å². The number of anilines is 1. The van der Waals surface area contributed by atoms with Crippen molar-refractivity contribution < 1.29 is 14.3 Å². The average molecular weight is 253 g/mol. The molecule has 0 bridgehead atoms. The van der Waals surface area contributed by atoms with Gasteiger partial charge in [0, 0.05) is 6.04 Å². The normalized spacial score (nSPS) is 14.3. The highest BCUT2D eigenvalue weighted by molar-refractivity contribution is 5.93. The molecule has 8 heteroatoms. The standard InChI is InChI=1S/C10H15N5O3/c1-2-18-7(16)5-15(6-3-4-6)9(17)8-12-10(11)14-13-8/h6H,2-5H2,1H3,(H3,11,12,13,14). The van der Waals surface area contributed by atoms with E-state index in [9.17, 15) is 9.59 Å². The fourth-order valence-corrected chi connectivity index (χ4v) is 1.61. The van der Waals surface area contributed by atoms with Crippen LogP contribution >= 0.6 is 0 Å². The number of carbonyl (C=O) groups is 2. The number of H-pyrrole nitrogens is 1. The van der Waals surface area contributed by atoms with Crippen LogP contribution in [0, 0.1) is 0 Å². The molecule has 1 aliphatic rings. The molecule has 1 aliphatic carbocycles. The molecule has 0 saturated heterocycles. The topological polar surface area (TPSA) is 114 Å². The summed E-state index contributed by atoms with van der Waals surface area (Å²) in [5.74, 6) is -0.756. The Morgan fingerprint density at radius 3 is 2.78 bits per heavy atom. The van der Waals surface area contributed by atoms with Crippen LogP contribution in [0.5, 0.6) is 0 Å². The van der Waals surface area contributed by atoms with Gasteiger partial charge in [-0.1, -0.05) is 0 Å². The van der Waals surface area contributed by atoms with Crippen LogP contribution < -0.4 is 5.73 Å². The van der Waals surface area contributed by atoms with Crippen molar-refractivity contribution in [2.24, 2.45) is 0 Å². The minimum atomic E-state index is -0.426. The summed E-state index contributed by atoms with van der Waals surface area (Å²) < 4.78 is 4.84. The molecule has 0 spiro atoms. The van der Waals surface area contributed by atoms with Crippen LogP contribution in [0.4, 0.5) is 5.95 Å². The van der Waals surface area contributed by atoms with Crippen molar-refractivity contribution in [2.75, 3.05) is 18.9 Å². The molecule has 0 atom stereocenters. The number of nitrogens with two attached hydrogens (primary N) is 1. The summed E-state index contributed by atoms with van der Waals surface area (Å²) in [5, 5.41) is 6.04. The molecule has 1 aromatic heterocycles. The van der Waals surface area contributed by atoms with Gasteiger partial charge in [-0.05, 0) is 19.8 Å². The Labute approximate surface area is 103 Å². The lowest BCUT2D eigenvalue weighted by atomic mass is 10.4. The maximum absolute atomic E-state index is 12.1. The SMILES string of the molecule is CCOC(=O)CN(C(=O)c1nc(N)n[nH]1)C1CC1. The first kappa shape index (κ1) is 12.3. The molecular formula is C10H15N5O3. The van der Waals surface area contributed by atoms with Crippen LogP contribution in [-0.2, 0) is 9.53 Å². The first-order valence-electron chi connectivity index (χ1n) is 5.76. The molecule has 0 aromatic carbocycles. The van der Waals surface area contributed by atoms with E-state index < -0.39 is 5.97 Å². The first-order chi connectivity index (χ1) is 8.61. The maximum atomic E-state index is 12.1. The maximum Gasteiger partial charge on any atom is 0.325 e. The van der Waals surface area contributed by atoms with Gasteiger partial charge in [0.1, 0.15) is 6.54 Å². The number of carbonyl (C=O) groups excluding carboxylic acids is 2. The Morgan fingerprint density at radius 2 is 2.28 bits per heavy atom. The summed E-state index contributed by atoms with van der Waals surface area (Å²) in [4.78, 5) is 28.8. The molecule has 1 aromatic rings. The number of nitrogen functional groups attached to an aromatic ring is 1. The van der Waals surface area contributed by atoms with E-state index in [1.807, 2.05) is 0 Å². The van der Waals surface area contributed by atoms with Crippen LogP contribution in [0.25, 0.3) is 0 Å². The van der Waals surface area contributed by atoms with E-state index in [-0.39, 0.29) is 30.3 Å². The summed E-state index contributed by atoms with van der Waals surface area (Å²) >= 11 is 0. The van der Waals surface area contributed by atoms with Crippen LogP contribution in [0.15, 0.2) is 0 Å². The zero-order chi connectivity index (χ0) is 13.1. The molecule has 1 saturated carbocycles. The van der Waals surface area contributed by atoms with E-state index in [4.69, 9.17) is 10.5 Å². The molecule has 18 heavy (non-hydrogen) atoms. The smallest absolute Gasteiger partial charge is 0.325 e. The number of ether oxygens (including phenoxy) is 1. The third-order valence-electron chi connectivity index (χ3n) is 2.56. The Hall–Kier alpha value is -2.12. The quantitative estimate of drug-likeness (QED) is 0.687.